The van der Waals surface area contributed by atoms with Crippen molar-refractivity contribution in [2.45, 2.75) is 58.3 Å². The van der Waals surface area contributed by atoms with Gasteiger partial charge in [-0.2, -0.15) is 0 Å². The summed E-state index contributed by atoms with van der Waals surface area (Å²) in [5, 5.41) is 0. The van der Waals surface area contributed by atoms with E-state index in [9.17, 15) is 4.39 Å². The lowest BCUT2D eigenvalue weighted by Gasteiger charge is -2.48. The Balaban J connectivity index is 2.39. The number of ether oxygens (including phenoxy) is 1. The van der Waals surface area contributed by atoms with Crippen molar-refractivity contribution in [3.8, 4) is 0 Å². The van der Waals surface area contributed by atoms with Crippen molar-refractivity contribution >= 4 is 5.69 Å². The first-order valence-corrected chi connectivity index (χ1v) is 7.58. The van der Waals surface area contributed by atoms with Gasteiger partial charge in [0.25, 0.3) is 0 Å². The van der Waals surface area contributed by atoms with Gasteiger partial charge in [-0.3, -0.25) is 0 Å². The molecule has 0 aliphatic carbocycles. The number of benzene rings is 1. The Morgan fingerprint density at radius 2 is 1.81 bits per heavy atom. The molecule has 1 aromatic rings. The Bertz CT molecular complexity index is 496. The molecule has 1 aliphatic rings. The standard InChI is InChI=1S/C17H27FN2O/c1-12(19)9-13-14(18)7-6-8-15(13)20-10-16(2,3)21-17(4,5)11-20/h6-8,12H,9-11,19H2,1-5H3. The van der Waals surface area contributed by atoms with Crippen LogP contribution in [-0.2, 0) is 11.2 Å². The maximum Gasteiger partial charge on any atom is 0.128 e. The molecule has 1 atom stereocenters. The van der Waals surface area contributed by atoms with Crippen LogP contribution in [-0.4, -0.2) is 30.3 Å². The minimum absolute atomic E-state index is 0.0669. The fraction of sp³-hybridized carbons (Fsp3) is 0.647. The molecule has 21 heavy (non-hydrogen) atoms. The van der Waals surface area contributed by atoms with Crippen molar-refractivity contribution in [2.75, 3.05) is 18.0 Å². The number of nitrogens with two attached hydrogens (primary N) is 1. The maximum atomic E-state index is 14.2. The van der Waals surface area contributed by atoms with E-state index in [0.29, 0.717) is 12.0 Å². The molecule has 0 amide bonds. The van der Waals surface area contributed by atoms with Crippen LogP contribution in [0.5, 0.6) is 0 Å². The first-order chi connectivity index (χ1) is 9.60. The normalized spacial score (nSPS) is 22.1. The number of morpholine rings is 1. The number of anilines is 1. The van der Waals surface area contributed by atoms with Crippen LogP contribution in [0.25, 0.3) is 0 Å². The van der Waals surface area contributed by atoms with Crippen molar-refractivity contribution in [1.82, 2.24) is 0 Å². The molecule has 0 saturated carbocycles. The molecule has 2 N–H and O–H groups in total. The van der Waals surface area contributed by atoms with Gasteiger partial charge >= 0.3 is 0 Å². The second kappa shape index (κ2) is 5.58. The minimum atomic E-state index is -0.264. The third-order valence-electron chi connectivity index (χ3n) is 3.66. The van der Waals surface area contributed by atoms with E-state index < -0.39 is 0 Å². The predicted octanol–water partition coefficient (Wildman–Crippen LogP) is 3.11. The Kier molecular flexibility index (Phi) is 4.31. The molecule has 0 radical (unpaired) electrons. The van der Waals surface area contributed by atoms with Gasteiger partial charge in [0, 0.05) is 30.4 Å². The monoisotopic (exact) mass is 294 g/mol. The molecule has 0 spiro atoms. The SMILES string of the molecule is CC(N)Cc1c(F)cccc1N1CC(C)(C)OC(C)(C)C1. The molecule has 2 rings (SSSR count). The fourth-order valence-corrected chi connectivity index (χ4v) is 3.33. The van der Waals surface area contributed by atoms with E-state index in [1.807, 2.05) is 13.0 Å². The van der Waals surface area contributed by atoms with E-state index in [1.165, 1.54) is 6.07 Å². The summed E-state index contributed by atoms with van der Waals surface area (Å²) < 4.78 is 20.3. The van der Waals surface area contributed by atoms with E-state index in [1.54, 1.807) is 6.07 Å². The number of nitrogens with zero attached hydrogens (tertiary/aromatic N) is 1. The van der Waals surface area contributed by atoms with Crippen LogP contribution in [0.3, 0.4) is 0 Å². The summed E-state index contributed by atoms with van der Waals surface area (Å²) >= 11 is 0. The van der Waals surface area contributed by atoms with E-state index in [0.717, 1.165) is 18.8 Å². The molecule has 4 heteroatoms. The van der Waals surface area contributed by atoms with Crippen LogP contribution >= 0.6 is 0 Å². The van der Waals surface area contributed by atoms with Crippen molar-refractivity contribution in [1.29, 1.82) is 0 Å². The van der Waals surface area contributed by atoms with Gasteiger partial charge in [0.05, 0.1) is 11.2 Å². The molecule has 0 aromatic heterocycles. The first-order valence-electron chi connectivity index (χ1n) is 7.58. The Morgan fingerprint density at radius 3 is 2.33 bits per heavy atom. The van der Waals surface area contributed by atoms with E-state index in [2.05, 4.69) is 32.6 Å². The molecule has 1 unspecified atom stereocenters. The second-order valence-corrected chi connectivity index (χ2v) is 7.40. The number of hydrogen-bond donors (Lipinski definition) is 1. The summed E-state index contributed by atoms with van der Waals surface area (Å²) in [6.45, 7) is 11.7. The second-order valence-electron chi connectivity index (χ2n) is 7.40. The van der Waals surface area contributed by atoms with Gasteiger partial charge in [0.2, 0.25) is 0 Å². The smallest absolute Gasteiger partial charge is 0.128 e. The quantitative estimate of drug-likeness (QED) is 0.931. The Hall–Kier alpha value is -1.13. The average Bonchev–Trinajstić information content (AvgIpc) is 2.27. The molecular formula is C17H27FN2O. The summed E-state index contributed by atoms with van der Waals surface area (Å²) in [5.41, 5.74) is 7.01. The first kappa shape index (κ1) is 16.2. The van der Waals surface area contributed by atoms with E-state index >= 15 is 0 Å². The third kappa shape index (κ3) is 3.95. The zero-order valence-electron chi connectivity index (χ0n) is 13.7. The zero-order chi connectivity index (χ0) is 15.8. The molecule has 118 valence electrons. The van der Waals surface area contributed by atoms with Crippen LogP contribution in [0.2, 0.25) is 0 Å². The van der Waals surface area contributed by atoms with Crippen LogP contribution in [0.15, 0.2) is 18.2 Å². The summed E-state index contributed by atoms with van der Waals surface area (Å²) in [4.78, 5) is 2.23. The molecular weight excluding hydrogens is 267 g/mol. The number of halogens is 1. The van der Waals surface area contributed by atoms with E-state index in [4.69, 9.17) is 10.5 Å². The van der Waals surface area contributed by atoms with Crippen LogP contribution < -0.4 is 10.6 Å². The molecule has 0 bridgehead atoms. The summed E-state index contributed by atoms with van der Waals surface area (Å²) in [7, 11) is 0. The van der Waals surface area contributed by atoms with Crippen molar-refractivity contribution in [3.63, 3.8) is 0 Å². The van der Waals surface area contributed by atoms with Crippen molar-refractivity contribution in [2.24, 2.45) is 5.73 Å². The van der Waals surface area contributed by atoms with Crippen LogP contribution in [0.1, 0.15) is 40.2 Å². The largest absolute Gasteiger partial charge is 0.366 e. The highest BCUT2D eigenvalue weighted by Gasteiger charge is 2.38. The highest BCUT2D eigenvalue weighted by atomic mass is 19.1. The van der Waals surface area contributed by atoms with Gasteiger partial charge in [0.1, 0.15) is 5.82 Å². The van der Waals surface area contributed by atoms with Gasteiger partial charge in [-0.15, -0.1) is 0 Å². The van der Waals surface area contributed by atoms with Crippen LogP contribution in [0.4, 0.5) is 10.1 Å². The molecule has 1 fully saturated rings. The zero-order valence-corrected chi connectivity index (χ0v) is 13.7. The topological polar surface area (TPSA) is 38.5 Å². The Morgan fingerprint density at radius 1 is 1.24 bits per heavy atom. The van der Waals surface area contributed by atoms with Crippen molar-refractivity contribution < 1.29 is 9.13 Å². The minimum Gasteiger partial charge on any atom is -0.366 e. The lowest BCUT2D eigenvalue weighted by atomic mass is 9.96. The van der Waals surface area contributed by atoms with E-state index in [-0.39, 0.29) is 23.1 Å². The average molecular weight is 294 g/mol. The highest BCUT2D eigenvalue weighted by Crippen LogP contribution is 2.34. The van der Waals surface area contributed by atoms with Crippen molar-refractivity contribution in [3.05, 3.63) is 29.6 Å². The van der Waals surface area contributed by atoms with Gasteiger partial charge in [-0.1, -0.05) is 6.07 Å². The summed E-state index contributed by atoms with van der Waals surface area (Å²) in [5.74, 6) is -0.174. The van der Waals surface area contributed by atoms with Gasteiger partial charge in [-0.05, 0) is 53.2 Å². The molecule has 1 heterocycles. The van der Waals surface area contributed by atoms with Gasteiger partial charge in [-0.25, -0.2) is 4.39 Å². The summed E-state index contributed by atoms with van der Waals surface area (Å²) in [6, 6.07) is 5.20. The number of rotatable bonds is 3. The third-order valence-corrected chi connectivity index (χ3v) is 3.66. The lowest BCUT2D eigenvalue weighted by molar-refractivity contribution is -0.133. The maximum absolute atomic E-state index is 14.2. The molecule has 1 saturated heterocycles. The van der Waals surface area contributed by atoms with Gasteiger partial charge in [0.15, 0.2) is 0 Å². The number of hydrogen-bond acceptors (Lipinski definition) is 3. The predicted molar refractivity (Wildman–Crippen MR) is 85.2 cm³/mol. The lowest BCUT2D eigenvalue weighted by Crippen LogP contribution is -2.57. The Labute approximate surface area is 127 Å². The van der Waals surface area contributed by atoms with Gasteiger partial charge < -0.3 is 15.4 Å². The molecule has 1 aliphatic heterocycles. The molecule has 1 aromatic carbocycles. The highest BCUT2D eigenvalue weighted by molar-refractivity contribution is 5.55. The molecule has 3 nitrogen and oxygen atoms in total. The fourth-order valence-electron chi connectivity index (χ4n) is 3.33. The van der Waals surface area contributed by atoms with Crippen LogP contribution in [0, 0.1) is 5.82 Å². The summed E-state index contributed by atoms with van der Waals surface area (Å²) in [6.07, 6.45) is 0.542.